The Balaban J connectivity index is 0.000000581. The summed E-state index contributed by atoms with van der Waals surface area (Å²) < 4.78 is 5.08. The van der Waals surface area contributed by atoms with Crippen molar-refractivity contribution in [1.82, 2.24) is 4.90 Å². The van der Waals surface area contributed by atoms with Crippen LogP contribution >= 0.6 is 0 Å². The number of aliphatic hydroxyl groups is 1. The summed E-state index contributed by atoms with van der Waals surface area (Å²) in [5.74, 6) is 0.476. The normalized spacial score (nSPS) is 23.6. The number of ether oxygens (including phenoxy) is 1. The smallest absolute Gasteiger partial charge is 0.114 e. The molecule has 0 bridgehead atoms. The van der Waals surface area contributed by atoms with Crippen molar-refractivity contribution < 1.29 is 9.84 Å². The molecule has 0 aromatic heterocycles. The van der Waals surface area contributed by atoms with Gasteiger partial charge in [0.2, 0.25) is 0 Å². The maximum atomic E-state index is 10.1. The van der Waals surface area contributed by atoms with Crippen LogP contribution in [-0.2, 0) is 4.74 Å². The van der Waals surface area contributed by atoms with E-state index < -0.39 is 5.60 Å². The Hall–Kier alpha value is -0.120. The van der Waals surface area contributed by atoms with Crippen molar-refractivity contribution in [2.45, 2.75) is 53.1 Å². The molecule has 0 atom stereocenters. The van der Waals surface area contributed by atoms with Crippen molar-refractivity contribution in [2.75, 3.05) is 32.8 Å². The van der Waals surface area contributed by atoms with Gasteiger partial charge >= 0.3 is 0 Å². The van der Waals surface area contributed by atoms with Crippen LogP contribution in [-0.4, -0.2) is 48.5 Å². The van der Waals surface area contributed by atoms with Gasteiger partial charge in [-0.2, -0.15) is 0 Å². The Bertz CT molecular complexity index is 173. The van der Waals surface area contributed by atoms with Crippen LogP contribution < -0.4 is 0 Å². The average Bonchev–Trinajstić information content (AvgIpc) is 2.41. The number of likely N-dealkylation sites (tertiary alicyclic amines) is 1. The molecule has 2 heterocycles. The van der Waals surface area contributed by atoms with Gasteiger partial charge in [-0.1, -0.05) is 34.6 Å². The minimum absolute atomic E-state index is 0.472. The highest BCUT2D eigenvalue weighted by Crippen LogP contribution is 2.33. The van der Waals surface area contributed by atoms with Crippen LogP contribution in [0.15, 0.2) is 0 Å². The van der Waals surface area contributed by atoms with E-state index in [0.29, 0.717) is 19.1 Å². The number of hydrogen-bond donors (Lipinski definition) is 1. The highest BCUT2D eigenvalue weighted by molar-refractivity contribution is 4.94. The lowest BCUT2D eigenvalue weighted by molar-refractivity contribution is -0.213. The maximum absolute atomic E-state index is 10.1. The van der Waals surface area contributed by atoms with Crippen LogP contribution in [0.25, 0.3) is 0 Å². The summed E-state index contributed by atoms with van der Waals surface area (Å²) in [6.07, 6.45) is 2.27. The fourth-order valence-electron chi connectivity index (χ4n) is 2.33. The Morgan fingerprint density at radius 2 is 1.59 bits per heavy atom. The molecule has 0 saturated carbocycles. The molecule has 0 aromatic carbocycles. The van der Waals surface area contributed by atoms with E-state index in [2.05, 4.69) is 11.8 Å². The summed E-state index contributed by atoms with van der Waals surface area (Å²) in [5, 5.41) is 10.1. The second-order valence-corrected chi connectivity index (χ2v) is 4.30. The number of nitrogens with zero attached hydrogens (tertiary/aromatic N) is 1. The van der Waals surface area contributed by atoms with Gasteiger partial charge in [-0.05, 0) is 38.4 Å². The monoisotopic (exact) mass is 245 g/mol. The van der Waals surface area contributed by atoms with Gasteiger partial charge in [0.05, 0.1) is 13.2 Å². The van der Waals surface area contributed by atoms with Crippen LogP contribution in [0.1, 0.15) is 47.5 Å². The molecule has 2 aliphatic heterocycles. The molecule has 0 aliphatic carbocycles. The van der Waals surface area contributed by atoms with E-state index in [4.69, 9.17) is 4.74 Å². The van der Waals surface area contributed by atoms with Crippen LogP contribution in [0.4, 0.5) is 0 Å². The van der Waals surface area contributed by atoms with Gasteiger partial charge in [0.1, 0.15) is 5.60 Å². The minimum atomic E-state index is -0.472. The summed E-state index contributed by atoms with van der Waals surface area (Å²) in [4.78, 5) is 2.44. The van der Waals surface area contributed by atoms with E-state index in [0.717, 1.165) is 32.5 Å². The van der Waals surface area contributed by atoms with Crippen LogP contribution in [0.3, 0.4) is 0 Å². The average molecular weight is 245 g/mol. The van der Waals surface area contributed by atoms with Gasteiger partial charge in [-0.15, -0.1) is 0 Å². The highest BCUT2D eigenvalue weighted by Gasteiger charge is 2.44. The molecule has 17 heavy (non-hydrogen) atoms. The molecular weight excluding hydrogens is 214 g/mol. The molecule has 3 nitrogen and oxygen atoms in total. The standard InChI is InChI=1S/C10H19NO2.2C2H6/c1-2-11-5-3-9(4-6-11)10(12)7-13-8-10;2*1-2/h9,12H,2-8H2,1H3;2*1-2H3. The number of hydrogen-bond acceptors (Lipinski definition) is 3. The third kappa shape index (κ3) is 4.57. The van der Waals surface area contributed by atoms with Crippen LogP contribution in [0.5, 0.6) is 0 Å². The van der Waals surface area contributed by atoms with E-state index >= 15 is 0 Å². The third-order valence-electron chi connectivity index (χ3n) is 3.50. The van der Waals surface area contributed by atoms with Gasteiger partial charge < -0.3 is 14.7 Å². The molecule has 2 rings (SSSR count). The predicted molar refractivity (Wildman–Crippen MR) is 73.3 cm³/mol. The third-order valence-corrected chi connectivity index (χ3v) is 3.50. The zero-order valence-electron chi connectivity index (χ0n) is 12.3. The van der Waals surface area contributed by atoms with E-state index in [-0.39, 0.29) is 0 Å². The summed E-state index contributed by atoms with van der Waals surface area (Å²) in [6.45, 7) is 14.7. The van der Waals surface area contributed by atoms with Gasteiger partial charge in [0, 0.05) is 0 Å². The molecule has 0 spiro atoms. The summed E-state index contributed by atoms with van der Waals surface area (Å²) in [5.41, 5.74) is -0.472. The molecule has 2 fully saturated rings. The molecule has 0 unspecified atom stereocenters. The highest BCUT2D eigenvalue weighted by atomic mass is 16.5. The zero-order chi connectivity index (χ0) is 13.3. The number of rotatable bonds is 2. The second-order valence-electron chi connectivity index (χ2n) is 4.30. The van der Waals surface area contributed by atoms with Crippen LogP contribution in [0.2, 0.25) is 0 Å². The summed E-state index contributed by atoms with van der Waals surface area (Å²) >= 11 is 0. The fourth-order valence-corrected chi connectivity index (χ4v) is 2.33. The lowest BCUT2D eigenvalue weighted by Crippen LogP contribution is -2.57. The molecule has 0 radical (unpaired) electrons. The lowest BCUT2D eigenvalue weighted by Gasteiger charge is -2.46. The van der Waals surface area contributed by atoms with Gasteiger partial charge in [0.15, 0.2) is 0 Å². The summed E-state index contributed by atoms with van der Waals surface area (Å²) in [7, 11) is 0. The fraction of sp³-hybridized carbons (Fsp3) is 1.00. The Morgan fingerprint density at radius 3 is 1.88 bits per heavy atom. The molecule has 2 saturated heterocycles. The van der Waals surface area contributed by atoms with Crippen molar-refractivity contribution in [3.63, 3.8) is 0 Å². The first-order valence-electron chi connectivity index (χ1n) is 7.27. The molecule has 2 aliphatic rings. The SMILES string of the molecule is CC.CC.CCN1CCC(C2(O)COC2)CC1. The van der Waals surface area contributed by atoms with E-state index in [9.17, 15) is 5.11 Å². The first-order chi connectivity index (χ1) is 8.24. The van der Waals surface area contributed by atoms with Gasteiger partial charge in [0.25, 0.3) is 0 Å². The lowest BCUT2D eigenvalue weighted by atomic mass is 9.79. The Labute approximate surface area is 107 Å². The Kier molecular flexibility index (Phi) is 8.83. The van der Waals surface area contributed by atoms with Crippen molar-refractivity contribution in [3.8, 4) is 0 Å². The van der Waals surface area contributed by atoms with Gasteiger partial charge in [-0.3, -0.25) is 0 Å². The molecule has 104 valence electrons. The molecule has 3 heteroatoms. The topological polar surface area (TPSA) is 32.7 Å². The van der Waals surface area contributed by atoms with Crippen molar-refractivity contribution >= 4 is 0 Å². The first kappa shape index (κ1) is 16.9. The van der Waals surface area contributed by atoms with Crippen LogP contribution in [0, 0.1) is 5.92 Å². The predicted octanol–water partition coefficient (Wildman–Crippen LogP) is 2.53. The zero-order valence-corrected chi connectivity index (χ0v) is 12.3. The second kappa shape index (κ2) is 8.90. The van der Waals surface area contributed by atoms with E-state index in [1.165, 1.54) is 0 Å². The van der Waals surface area contributed by atoms with Crippen molar-refractivity contribution in [2.24, 2.45) is 5.92 Å². The molecule has 0 amide bonds. The van der Waals surface area contributed by atoms with Gasteiger partial charge in [-0.25, -0.2) is 0 Å². The van der Waals surface area contributed by atoms with E-state index in [1.807, 2.05) is 27.7 Å². The minimum Gasteiger partial charge on any atom is -0.385 e. The Morgan fingerprint density at radius 1 is 1.12 bits per heavy atom. The molecule has 0 aromatic rings. The number of piperidine rings is 1. The molecular formula is C14H31NO2. The van der Waals surface area contributed by atoms with Crippen molar-refractivity contribution in [1.29, 1.82) is 0 Å². The quantitative estimate of drug-likeness (QED) is 0.811. The largest absolute Gasteiger partial charge is 0.385 e. The van der Waals surface area contributed by atoms with E-state index in [1.54, 1.807) is 0 Å². The maximum Gasteiger partial charge on any atom is 0.114 e. The first-order valence-corrected chi connectivity index (χ1v) is 7.27. The summed E-state index contributed by atoms with van der Waals surface area (Å²) in [6, 6.07) is 0. The van der Waals surface area contributed by atoms with Crippen molar-refractivity contribution in [3.05, 3.63) is 0 Å². The molecule has 1 N–H and O–H groups in total.